The predicted octanol–water partition coefficient (Wildman–Crippen LogP) is 3.90. The second-order valence-electron chi connectivity index (χ2n) is 7.58. The molecule has 2 unspecified atom stereocenters. The number of aromatic nitrogens is 1. The highest BCUT2D eigenvalue weighted by atomic mass is 16.5. The smallest absolute Gasteiger partial charge is 0.192 e. The largest absolute Gasteiger partial charge is 0.493 e. The zero-order valence-electron chi connectivity index (χ0n) is 16.0. The van der Waals surface area contributed by atoms with Gasteiger partial charge in [-0.1, -0.05) is 24.3 Å². The van der Waals surface area contributed by atoms with Gasteiger partial charge in [-0.25, -0.2) is 4.57 Å². The first kappa shape index (κ1) is 16.4. The highest BCUT2D eigenvalue weighted by Crippen LogP contribution is 2.48. The molecular weight excluding hydrogens is 334 g/mol. The van der Waals surface area contributed by atoms with E-state index in [1.165, 1.54) is 33.5 Å². The lowest BCUT2D eigenvalue weighted by Gasteiger charge is -2.35. The van der Waals surface area contributed by atoms with Crippen LogP contribution in [0.4, 0.5) is 0 Å². The summed E-state index contributed by atoms with van der Waals surface area (Å²) in [6.45, 7) is 0. The fourth-order valence-electron chi connectivity index (χ4n) is 5.06. The Morgan fingerprint density at radius 3 is 1.96 bits per heavy atom. The van der Waals surface area contributed by atoms with Crippen molar-refractivity contribution in [3.63, 3.8) is 0 Å². The van der Waals surface area contributed by atoms with Crippen LogP contribution in [0.5, 0.6) is 11.5 Å². The first-order valence-electron chi connectivity index (χ1n) is 9.52. The maximum atomic E-state index is 5.59. The second kappa shape index (κ2) is 6.12. The lowest BCUT2D eigenvalue weighted by molar-refractivity contribution is -0.680. The summed E-state index contributed by atoms with van der Waals surface area (Å²) >= 11 is 0. The van der Waals surface area contributed by atoms with Gasteiger partial charge in [0.25, 0.3) is 0 Å². The number of methoxy groups -OCH3 is 2. The monoisotopic (exact) mass is 358 g/mol. The number of hydrogen-bond acceptors (Lipinski definition) is 2. The van der Waals surface area contributed by atoms with Crippen molar-refractivity contribution in [2.24, 2.45) is 7.05 Å². The zero-order chi connectivity index (χ0) is 18.5. The van der Waals surface area contributed by atoms with Crippen LogP contribution in [0.25, 0.3) is 0 Å². The standard InChI is InChI=1S/C24H24NO2/c1-25-10-6-9-19-20-11-15-13-22(26-2)23(27-3)14-16(15)12-21(24(19)25)18-8-5-4-7-17(18)20/h4-10,13-14,20-21H,11-12H2,1-3H3/q+1. The third kappa shape index (κ3) is 2.38. The Morgan fingerprint density at radius 2 is 1.33 bits per heavy atom. The summed E-state index contributed by atoms with van der Waals surface area (Å²) in [5, 5.41) is 0. The molecule has 6 rings (SSSR count). The number of pyridine rings is 1. The molecule has 1 aromatic heterocycles. The van der Waals surface area contributed by atoms with Gasteiger partial charge >= 0.3 is 0 Å². The highest BCUT2D eigenvalue weighted by molar-refractivity contribution is 5.56. The van der Waals surface area contributed by atoms with Gasteiger partial charge in [0.1, 0.15) is 7.05 Å². The molecule has 0 spiro atoms. The fraction of sp³-hybridized carbons (Fsp3) is 0.292. The van der Waals surface area contributed by atoms with E-state index in [0.717, 1.165) is 24.3 Å². The van der Waals surface area contributed by atoms with Crippen LogP contribution in [0.2, 0.25) is 0 Å². The molecule has 0 amide bonds. The Bertz CT molecular complexity index is 1040. The van der Waals surface area contributed by atoms with Crippen LogP contribution in [-0.4, -0.2) is 14.2 Å². The Hall–Kier alpha value is -2.81. The maximum absolute atomic E-state index is 5.59. The SMILES string of the molecule is COc1cc2c(cc1OC)CC1c3ccccc3C(C2)c2ccc[n+](C)c21. The molecule has 0 saturated heterocycles. The molecule has 3 heteroatoms. The first-order valence-corrected chi connectivity index (χ1v) is 9.52. The number of rotatable bonds is 2. The van der Waals surface area contributed by atoms with Crippen molar-refractivity contribution in [1.29, 1.82) is 0 Å². The van der Waals surface area contributed by atoms with E-state index in [1.807, 2.05) is 0 Å². The molecule has 3 nitrogen and oxygen atoms in total. The molecule has 1 heterocycles. The second-order valence-corrected chi connectivity index (χ2v) is 7.58. The maximum Gasteiger partial charge on any atom is 0.192 e. The Morgan fingerprint density at radius 1 is 0.778 bits per heavy atom. The molecule has 27 heavy (non-hydrogen) atoms. The summed E-state index contributed by atoms with van der Waals surface area (Å²) in [4.78, 5) is 0. The summed E-state index contributed by atoms with van der Waals surface area (Å²) in [5.41, 5.74) is 8.59. The summed E-state index contributed by atoms with van der Waals surface area (Å²) in [5.74, 6) is 2.37. The summed E-state index contributed by atoms with van der Waals surface area (Å²) in [7, 11) is 5.60. The van der Waals surface area contributed by atoms with E-state index in [9.17, 15) is 0 Å². The van der Waals surface area contributed by atoms with E-state index < -0.39 is 0 Å². The molecule has 3 aromatic rings. The molecular formula is C24H24NO2+. The van der Waals surface area contributed by atoms with E-state index >= 15 is 0 Å². The van der Waals surface area contributed by atoms with Crippen molar-refractivity contribution in [1.82, 2.24) is 0 Å². The summed E-state index contributed by atoms with van der Waals surface area (Å²) < 4.78 is 13.5. The van der Waals surface area contributed by atoms with Crippen molar-refractivity contribution in [2.75, 3.05) is 14.2 Å². The van der Waals surface area contributed by atoms with Gasteiger partial charge < -0.3 is 9.47 Å². The van der Waals surface area contributed by atoms with Gasteiger partial charge in [0.2, 0.25) is 0 Å². The fourth-order valence-corrected chi connectivity index (χ4v) is 5.06. The minimum absolute atomic E-state index is 0.357. The van der Waals surface area contributed by atoms with E-state index in [2.05, 4.69) is 66.3 Å². The average Bonchev–Trinajstić information content (AvgIpc) is 2.68. The minimum atomic E-state index is 0.357. The quantitative estimate of drug-likeness (QED) is 0.648. The van der Waals surface area contributed by atoms with Crippen molar-refractivity contribution in [3.05, 3.63) is 88.2 Å². The van der Waals surface area contributed by atoms with Crippen molar-refractivity contribution < 1.29 is 14.0 Å². The predicted molar refractivity (Wildman–Crippen MR) is 105 cm³/mol. The van der Waals surface area contributed by atoms with E-state index in [0.29, 0.717) is 11.8 Å². The molecule has 3 aliphatic carbocycles. The van der Waals surface area contributed by atoms with Crippen molar-refractivity contribution in [3.8, 4) is 11.5 Å². The van der Waals surface area contributed by atoms with E-state index in [4.69, 9.17) is 9.47 Å². The molecule has 0 N–H and O–H groups in total. The molecule has 136 valence electrons. The van der Waals surface area contributed by atoms with Crippen LogP contribution < -0.4 is 14.0 Å². The average molecular weight is 358 g/mol. The molecule has 3 aliphatic rings. The van der Waals surface area contributed by atoms with Gasteiger partial charge in [-0.3, -0.25) is 0 Å². The molecule has 0 aliphatic heterocycles. The van der Waals surface area contributed by atoms with Crippen LogP contribution in [-0.2, 0) is 19.9 Å². The number of benzene rings is 2. The minimum Gasteiger partial charge on any atom is -0.493 e. The summed E-state index contributed by atoms with van der Waals surface area (Å²) in [6, 6.07) is 17.8. The van der Waals surface area contributed by atoms with Crippen LogP contribution in [0, 0.1) is 0 Å². The number of hydrogen-bond donors (Lipinski definition) is 0. The summed E-state index contributed by atoms with van der Waals surface area (Å²) in [6.07, 6.45) is 4.13. The molecule has 2 bridgehead atoms. The first-order chi connectivity index (χ1) is 13.2. The molecule has 2 atom stereocenters. The highest BCUT2D eigenvalue weighted by Gasteiger charge is 2.40. The van der Waals surface area contributed by atoms with E-state index in [1.54, 1.807) is 14.2 Å². The number of aryl methyl sites for hydroxylation is 1. The number of ether oxygens (including phenoxy) is 2. The lowest BCUT2D eigenvalue weighted by Crippen LogP contribution is -2.40. The zero-order valence-corrected chi connectivity index (χ0v) is 16.0. The van der Waals surface area contributed by atoms with Gasteiger partial charge in [0.15, 0.2) is 23.4 Å². The van der Waals surface area contributed by atoms with Gasteiger partial charge in [-0.2, -0.15) is 0 Å². The third-order valence-electron chi connectivity index (χ3n) is 6.27. The van der Waals surface area contributed by atoms with Crippen LogP contribution >= 0.6 is 0 Å². The molecule has 0 saturated carbocycles. The molecule has 0 radical (unpaired) electrons. The van der Waals surface area contributed by atoms with Gasteiger partial charge in [0.05, 0.1) is 20.1 Å². The van der Waals surface area contributed by atoms with E-state index in [-0.39, 0.29) is 0 Å². The lowest BCUT2D eigenvalue weighted by atomic mass is 9.68. The Kier molecular flexibility index (Phi) is 3.71. The Balaban J connectivity index is 1.77. The number of nitrogens with zero attached hydrogens (tertiary/aromatic N) is 1. The van der Waals surface area contributed by atoms with Crippen LogP contribution in [0.15, 0.2) is 54.7 Å². The normalized spacial score (nSPS) is 19.4. The molecule has 0 fully saturated rings. The van der Waals surface area contributed by atoms with Gasteiger partial charge in [-0.05, 0) is 53.3 Å². The van der Waals surface area contributed by atoms with Crippen molar-refractivity contribution >= 4 is 0 Å². The van der Waals surface area contributed by atoms with Gasteiger partial charge in [-0.15, -0.1) is 0 Å². The van der Waals surface area contributed by atoms with Gasteiger partial charge in [0, 0.05) is 17.5 Å². The topological polar surface area (TPSA) is 22.3 Å². The third-order valence-corrected chi connectivity index (χ3v) is 6.27. The van der Waals surface area contributed by atoms with Crippen molar-refractivity contribution in [2.45, 2.75) is 24.7 Å². The molecule has 2 aromatic carbocycles. The Labute approximate surface area is 160 Å². The van der Waals surface area contributed by atoms with Crippen LogP contribution in [0.1, 0.15) is 45.3 Å². The van der Waals surface area contributed by atoms with Crippen LogP contribution in [0.3, 0.4) is 0 Å².